The molecule has 0 aromatic rings. The molecule has 0 fully saturated rings. The van der Waals surface area contributed by atoms with E-state index >= 15 is 0 Å². The van der Waals surface area contributed by atoms with Crippen LogP contribution >= 0.6 is 0 Å². The number of hydrogen-bond donors (Lipinski definition) is 2. The number of Topliss-reactive ketones (excluding diaryl/α,β-unsaturated/α-hetero) is 1. The minimum absolute atomic E-state index is 0.0425. The summed E-state index contributed by atoms with van der Waals surface area (Å²) in [5.41, 5.74) is 0.583. The molecule has 108 valence electrons. The van der Waals surface area contributed by atoms with Gasteiger partial charge in [-0.3, -0.25) is 4.79 Å². The monoisotopic (exact) mass is 265 g/mol. The molecule has 0 radical (unpaired) electrons. The smallest absolute Gasteiger partial charge is 0.215 e. The number of aliphatic hydroxyl groups is 1. The van der Waals surface area contributed by atoms with Crippen molar-refractivity contribution in [2.75, 3.05) is 6.54 Å². The van der Waals surface area contributed by atoms with E-state index in [4.69, 9.17) is 0 Å². The molecule has 0 unspecified atom stereocenters. The summed E-state index contributed by atoms with van der Waals surface area (Å²) in [6.07, 6.45) is 11.6. The molecule has 1 aliphatic rings. The zero-order chi connectivity index (χ0) is 14.1. The van der Waals surface area contributed by atoms with Crippen molar-refractivity contribution in [1.29, 1.82) is 0 Å². The Morgan fingerprint density at radius 1 is 1.00 bits per heavy atom. The van der Waals surface area contributed by atoms with Gasteiger partial charge in [0.25, 0.3) is 0 Å². The van der Waals surface area contributed by atoms with Gasteiger partial charge in [-0.1, -0.05) is 64.9 Å². The molecule has 1 rings (SSSR count). The molecule has 0 heterocycles. The first-order valence-corrected chi connectivity index (χ1v) is 7.59. The number of ketones is 1. The fourth-order valence-electron chi connectivity index (χ4n) is 2.27. The van der Waals surface area contributed by atoms with Gasteiger partial charge in [-0.25, -0.2) is 0 Å². The van der Waals surface area contributed by atoms with E-state index in [1.54, 1.807) is 0 Å². The lowest BCUT2D eigenvalue weighted by molar-refractivity contribution is -0.114. The SMILES string of the molecule is C=C1C(=O)C(NCCCCCCCCCCC)=C1O. The Labute approximate surface area is 116 Å². The van der Waals surface area contributed by atoms with Gasteiger partial charge in [0.2, 0.25) is 5.78 Å². The van der Waals surface area contributed by atoms with E-state index in [0.717, 1.165) is 13.0 Å². The number of rotatable bonds is 11. The summed E-state index contributed by atoms with van der Waals surface area (Å²) in [6.45, 7) is 6.47. The topological polar surface area (TPSA) is 49.3 Å². The molecule has 0 atom stereocenters. The summed E-state index contributed by atoms with van der Waals surface area (Å²) in [5, 5.41) is 12.4. The second-order valence-electron chi connectivity index (χ2n) is 5.29. The van der Waals surface area contributed by atoms with Crippen LogP contribution in [0, 0.1) is 0 Å². The Morgan fingerprint density at radius 2 is 1.53 bits per heavy atom. The summed E-state index contributed by atoms with van der Waals surface area (Å²) in [7, 11) is 0. The average molecular weight is 265 g/mol. The van der Waals surface area contributed by atoms with Crippen LogP contribution in [0.2, 0.25) is 0 Å². The number of unbranched alkanes of at least 4 members (excludes halogenated alkanes) is 8. The molecule has 1 aliphatic carbocycles. The molecular formula is C16H27NO2. The predicted molar refractivity (Wildman–Crippen MR) is 79.0 cm³/mol. The number of hydrogen-bond acceptors (Lipinski definition) is 3. The van der Waals surface area contributed by atoms with Gasteiger partial charge in [0.05, 0.1) is 5.57 Å². The van der Waals surface area contributed by atoms with Gasteiger partial charge >= 0.3 is 0 Å². The summed E-state index contributed by atoms with van der Waals surface area (Å²) < 4.78 is 0. The quantitative estimate of drug-likeness (QED) is 0.438. The standard InChI is InChI=1S/C16H27NO2/c1-3-4-5-6-7-8-9-10-11-12-17-14-15(18)13(2)16(14)19/h17-18H,2-12H2,1H3. The van der Waals surface area contributed by atoms with Crippen molar-refractivity contribution in [3.8, 4) is 0 Å². The molecule has 0 bridgehead atoms. The molecule has 0 saturated carbocycles. The molecule has 0 aliphatic heterocycles. The van der Waals surface area contributed by atoms with Crippen LogP contribution in [-0.4, -0.2) is 17.4 Å². The van der Waals surface area contributed by atoms with Crippen molar-refractivity contribution in [2.24, 2.45) is 0 Å². The summed E-state index contributed by atoms with van der Waals surface area (Å²) in [4.78, 5) is 11.3. The molecule has 0 aromatic heterocycles. The highest BCUT2D eigenvalue weighted by atomic mass is 16.3. The van der Waals surface area contributed by atoms with Crippen molar-refractivity contribution >= 4 is 5.78 Å². The van der Waals surface area contributed by atoms with Crippen LogP contribution < -0.4 is 5.32 Å². The highest BCUT2D eigenvalue weighted by Crippen LogP contribution is 2.24. The third-order valence-corrected chi connectivity index (χ3v) is 3.61. The summed E-state index contributed by atoms with van der Waals surface area (Å²) in [6, 6.07) is 0. The molecule has 0 spiro atoms. The number of allylic oxidation sites excluding steroid dienone is 2. The first kappa shape index (κ1) is 15.8. The first-order valence-electron chi connectivity index (χ1n) is 7.59. The first-order chi connectivity index (χ1) is 9.18. The van der Waals surface area contributed by atoms with E-state index in [1.165, 1.54) is 51.4 Å². The van der Waals surface area contributed by atoms with E-state index in [-0.39, 0.29) is 17.1 Å². The highest BCUT2D eigenvalue weighted by Gasteiger charge is 2.31. The van der Waals surface area contributed by atoms with Crippen LogP contribution in [0.3, 0.4) is 0 Å². The molecule has 0 aromatic carbocycles. The minimum atomic E-state index is -0.145. The molecule has 19 heavy (non-hydrogen) atoms. The van der Waals surface area contributed by atoms with Crippen molar-refractivity contribution in [3.05, 3.63) is 23.6 Å². The Morgan fingerprint density at radius 3 is 2.05 bits per heavy atom. The van der Waals surface area contributed by atoms with Crippen molar-refractivity contribution in [3.63, 3.8) is 0 Å². The van der Waals surface area contributed by atoms with Gasteiger partial charge in [-0.2, -0.15) is 0 Å². The number of carbonyl (C=O) groups is 1. The van der Waals surface area contributed by atoms with E-state index in [1.807, 2.05) is 0 Å². The summed E-state index contributed by atoms with van der Waals surface area (Å²) in [5.74, 6) is -0.102. The maximum atomic E-state index is 11.3. The van der Waals surface area contributed by atoms with E-state index < -0.39 is 0 Å². The van der Waals surface area contributed by atoms with Crippen LogP contribution in [-0.2, 0) is 4.79 Å². The fourth-order valence-corrected chi connectivity index (χ4v) is 2.27. The van der Waals surface area contributed by atoms with Crippen molar-refractivity contribution in [2.45, 2.75) is 64.7 Å². The lowest BCUT2D eigenvalue weighted by Crippen LogP contribution is -2.32. The van der Waals surface area contributed by atoms with Gasteiger partial charge in [0, 0.05) is 6.54 Å². The molecule has 3 nitrogen and oxygen atoms in total. The zero-order valence-corrected chi connectivity index (χ0v) is 12.1. The van der Waals surface area contributed by atoms with Crippen LogP contribution in [0.5, 0.6) is 0 Å². The summed E-state index contributed by atoms with van der Waals surface area (Å²) >= 11 is 0. The van der Waals surface area contributed by atoms with E-state index in [2.05, 4.69) is 18.8 Å². The zero-order valence-electron chi connectivity index (χ0n) is 12.1. The Balaban J connectivity index is 1.90. The van der Waals surface area contributed by atoms with Gasteiger partial charge in [0.1, 0.15) is 5.70 Å². The molecule has 3 heteroatoms. The maximum absolute atomic E-state index is 11.3. The average Bonchev–Trinajstić information content (AvgIpc) is 2.43. The number of aliphatic hydroxyl groups excluding tert-OH is 1. The van der Waals surface area contributed by atoms with Crippen molar-refractivity contribution in [1.82, 2.24) is 5.32 Å². The lowest BCUT2D eigenvalue weighted by atomic mass is 9.95. The van der Waals surface area contributed by atoms with Crippen LogP contribution in [0.15, 0.2) is 23.6 Å². The molecule has 0 saturated heterocycles. The lowest BCUT2D eigenvalue weighted by Gasteiger charge is -2.20. The van der Waals surface area contributed by atoms with Crippen LogP contribution in [0.1, 0.15) is 64.7 Å². The number of nitrogens with one attached hydrogen (secondary N) is 1. The highest BCUT2D eigenvalue weighted by molar-refractivity contribution is 6.18. The van der Waals surface area contributed by atoms with Crippen molar-refractivity contribution < 1.29 is 9.90 Å². The van der Waals surface area contributed by atoms with Gasteiger partial charge in [-0.15, -0.1) is 0 Å². The van der Waals surface area contributed by atoms with Gasteiger partial charge in [-0.05, 0) is 6.42 Å². The van der Waals surface area contributed by atoms with Crippen LogP contribution in [0.25, 0.3) is 0 Å². The maximum Gasteiger partial charge on any atom is 0.215 e. The minimum Gasteiger partial charge on any atom is -0.505 e. The largest absolute Gasteiger partial charge is 0.505 e. The molecule has 2 N–H and O–H groups in total. The molecular weight excluding hydrogens is 238 g/mol. The third-order valence-electron chi connectivity index (χ3n) is 3.61. The van der Waals surface area contributed by atoms with Gasteiger partial charge < -0.3 is 10.4 Å². The van der Waals surface area contributed by atoms with Gasteiger partial charge in [0.15, 0.2) is 5.76 Å². The fraction of sp³-hybridized carbons (Fsp3) is 0.688. The normalized spacial score (nSPS) is 14.8. The second-order valence-corrected chi connectivity index (χ2v) is 5.29. The van der Waals surface area contributed by atoms with E-state index in [0.29, 0.717) is 5.70 Å². The Hall–Kier alpha value is -1.25. The molecule has 0 amide bonds. The Bertz CT molecular complexity index is 345. The third kappa shape index (κ3) is 5.09. The second kappa shape index (κ2) is 8.78. The predicted octanol–water partition coefficient (Wildman–Crippen LogP) is 4.02. The Kier molecular flexibility index (Phi) is 7.31. The van der Waals surface area contributed by atoms with E-state index in [9.17, 15) is 9.90 Å². The van der Waals surface area contributed by atoms with Crippen LogP contribution in [0.4, 0.5) is 0 Å². The number of carbonyl (C=O) groups excluding carboxylic acids is 1.